The van der Waals surface area contributed by atoms with E-state index in [1.807, 2.05) is 6.92 Å². The maximum Gasteiger partial charge on any atom is 0.223 e. The average molecular weight is 166 g/mol. The van der Waals surface area contributed by atoms with Gasteiger partial charge in [-0.05, 0) is 13.3 Å². The molecule has 4 heteroatoms. The van der Waals surface area contributed by atoms with E-state index in [-0.39, 0.29) is 0 Å². The second-order valence-electron chi connectivity index (χ2n) is 2.91. The highest BCUT2D eigenvalue weighted by Crippen LogP contribution is 2.13. The third-order valence-corrected chi connectivity index (χ3v) is 1.83. The van der Waals surface area contributed by atoms with Crippen LogP contribution in [0.25, 0.3) is 0 Å². The number of aryl methyl sites for hydroxylation is 1. The normalized spacial score (nSPS) is 12.9. The minimum absolute atomic E-state index is 0.317. The van der Waals surface area contributed by atoms with Crippen LogP contribution in [0.5, 0.6) is 0 Å². The molecule has 12 heavy (non-hydrogen) atoms. The highest BCUT2D eigenvalue weighted by Gasteiger charge is 2.07. The van der Waals surface area contributed by atoms with Crippen molar-refractivity contribution in [3.05, 3.63) is 11.6 Å². The lowest BCUT2D eigenvalue weighted by Crippen LogP contribution is -2.07. The van der Waals surface area contributed by atoms with Crippen LogP contribution < -0.4 is 5.73 Å². The molecule has 0 amide bonds. The summed E-state index contributed by atoms with van der Waals surface area (Å²) in [6, 6.07) is 0. The Kier molecular flexibility index (Phi) is 2.58. The zero-order valence-corrected chi connectivity index (χ0v) is 7.70. The summed E-state index contributed by atoms with van der Waals surface area (Å²) in [6.45, 7) is 6.00. The SMILES string of the molecule is CCC(C)c1nc(C)nc(N)n1. The maximum atomic E-state index is 5.49. The molecule has 0 radical (unpaired) electrons. The van der Waals surface area contributed by atoms with E-state index in [1.54, 1.807) is 0 Å². The average Bonchev–Trinajstić information content (AvgIpc) is 2.01. The summed E-state index contributed by atoms with van der Waals surface area (Å²) in [5.74, 6) is 2.16. The van der Waals surface area contributed by atoms with E-state index in [0.29, 0.717) is 17.7 Å². The lowest BCUT2D eigenvalue weighted by molar-refractivity contribution is 0.668. The van der Waals surface area contributed by atoms with Crippen LogP contribution in [0.15, 0.2) is 0 Å². The van der Waals surface area contributed by atoms with E-state index in [9.17, 15) is 0 Å². The van der Waals surface area contributed by atoms with Gasteiger partial charge in [0.05, 0.1) is 0 Å². The van der Waals surface area contributed by atoms with E-state index in [1.165, 1.54) is 0 Å². The molecule has 1 atom stereocenters. The standard InChI is InChI=1S/C8H14N4/c1-4-5(2)7-10-6(3)11-8(9)12-7/h5H,4H2,1-3H3,(H2,9,10,11,12). The van der Waals surface area contributed by atoms with Crippen molar-refractivity contribution in [1.82, 2.24) is 15.0 Å². The van der Waals surface area contributed by atoms with Crippen molar-refractivity contribution in [3.63, 3.8) is 0 Å². The predicted octanol–water partition coefficient (Wildman–Crippen LogP) is 1.28. The van der Waals surface area contributed by atoms with Crippen LogP contribution in [0, 0.1) is 6.92 Å². The first-order valence-electron chi connectivity index (χ1n) is 4.11. The van der Waals surface area contributed by atoms with Crippen molar-refractivity contribution < 1.29 is 0 Å². The number of nitrogens with zero attached hydrogens (tertiary/aromatic N) is 3. The second-order valence-corrected chi connectivity index (χ2v) is 2.91. The number of rotatable bonds is 2. The van der Waals surface area contributed by atoms with Crippen LogP contribution in [-0.2, 0) is 0 Å². The molecule has 0 saturated carbocycles. The number of nitrogens with two attached hydrogens (primary N) is 1. The first-order chi connectivity index (χ1) is 5.63. The molecule has 0 saturated heterocycles. The van der Waals surface area contributed by atoms with Gasteiger partial charge in [0.25, 0.3) is 0 Å². The molecule has 2 N–H and O–H groups in total. The Balaban J connectivity index is 3.00. The Labute approximate surface area is 72.3 Å². The quantitative estimate of drug-likeness (QED) is 0.718. The van der Waals surface area contributed by atoms with Crippen molar-refractivity contribution in [3.8, 4) is 0 Å². The Hall–Kier alpha value is -1.19. The Morgan fingerprint density at radius 3 is 2.50 bits per heavy atom. The molecule has 0 aliphatic heterocycles. The fourth-order valence-corrected chi connectivity index (χ4v) is 0.927. The van der Waals surface area contributed by atoms with Gasteiger partial charge in [-0.15, -0.1) is 0 Å². The van der Waals surface area contributed by atoms with Crippen molar-refractivity contribution in [2.75, 3.05) is 5.73 Å². The zero-order chi connectivity index (χ0) is 9.14. The largest absolute Gasteiger partial charge is 0.368 e. The van der Waals surface area contributed by atoms with Gasteiger partial charge in [-0.2, -0.15) is 9.97 Å². The molecule has 1 rings (SSSR count). The van der Waals surface area contributed by atoms with E-state index in [2.05, 4.69) is 28.8 Å². The van der Waals surface area contributed by atoms with Crippen molar-refractivity contribution >= 4 is 5.95 Å². The molecule has 1 heterocycles. The fourth-order valence-electron chi connectivity index (χ4n) is 0.927. The van der Waals surface area contributed by atoms with Crippen LogP contribution >= 0.6 is 0 Å². The van der Waals surface area contributed by atoms with Crippen LogP contribution in [0.1, 0.15) is 37.8 Å². The highest BCUT2D eigenvalue weighted by molar-refractivity contribution is 5.16. The van der Waals surface area contributed by atoms with E-state index < -0.39 is 0 Å². The molecular formula is C8H14N4. The summed E-state index contributed by atoms with van der Waals surface area (Å²) in [5.41, 5.74) is 5.49. The van der Waals surface area contributed by atoms with Crippen LogP contribution in [-0.4, -0.2) is 15.0 Å². The number of hydrogen-bond acceptors (Lipinski definition) is 4. The Morgan fingerprint density at radius 1 is 1.33 bits per heavy atom. The highest BCUT2D eigenvalue weighted by atomic mass is 15.1. The fraction of sp³-hybridized carbons (Fsp3) is 0.625. The van der Waals surface area contributed by atoms with E-state index >= 15 is 0 Å². The summed E-state index contributed by atoms with van der Waals surface area (Å²) in [6.07, 6.45) is 1.02. The van der Waals surface area contributed by atoms with Crippen LogP contribution in [0.2, 0.25) is 0 Å². The van der Waals surface area contributed by atoms with Crippen LogP contribution in [0.3, 0.4) is 0 Å². The minimum atomic E-state index is 0.317. The number of nitrogen functional groups attached to an aromatic ring is 1. The molecule has 1 aromatic rings. The Morgan fingerprint density at radius 2 is 2.00 bits per heavy atom. The summed E-state index contributed by atoms with van der Waals surface area (Å²) in [7, 11) is 0. The minimum Gasteiger partial charge on any atom is -0.368 e. The monoisotopic (exact) mass is 166 g/mol. The van der Waals surface area contributed by atoms with Gasteiger partial charge in [0.15, 0.2) is 0 Å². The van der Waals surface area contributed by atoms with Gasteiger partial charge in [0, 0.05) is 5.92 Å². The van der Waals surface area contributed by atoms with Gasteiger partial charge in [-0.1, -0.05) is 13.8 Å². The van der Waals surface area contributed by atoms with Gasteiger partial charge in [-0.3, -0.25) is 0 Å². The first kappa shape index (κ1) is 8.90. The van der Waals surface area contributed by atoms with Gasteiger partial charge >= 0.3 is 0 Å². The van der Waals surface area contributed by atoms with Crippen molar-refractivity contribution in [1.29, 1.82) is 0 Å². The van der Waals surface area contributed by atoms with Gasteiger partial charge < -0.3 is 5.73 Å². The topological polar surface area (TPSA) is 64.7 Å². The summed E-state index contributed by atoms with van der Waals surface area (Å²) < 4.78 is 0. The van der Waals surface area contributed by atoms with Crippen LogP contribution in [0.4, 0.5) is 5.95 Å². The molecule has 66 valence electrons. The molecule has 0 aliphatic rings. The predicted molar refractivity (Wildman–Crippen MR) is 47.7 cm³/mol. The molecule has 0 spiro atoms. The lowest BCUT2D eigenvalue weighted by atomic mass is 10.1. The molecule has 4 nitrogen and oxygen atoms in total. The number of anilines is 1. The van der Waals surface area contributed by atoms with E-state index in [0.717, 1.165) is 12.2 Å². The molecule has 0 fully saturated rings. The number of hydrogen-bond donors (Lipinski definition) is 1. The second kappa shape index (κ2) is 3.47. The third-order valence-electron chi connectivity index (χ3n) is 1.83. The molecule has 1 aromatic heterocycles. The van der Waals surface area contributed by atoms with E-state index in [4.69, 9.17) is 5.73 Å². The van der Waals surface area contributed by atoms with Crippen molar-refractivity contribution in [2.45, 2.75) is 33.1 Å². The summed E-state index contributed by atoms with van der Waals surface area (Å²) in [4.78, 5) is 12.2. The lowest BCUT2D eigenvalue weighted by Gasteiger charge is -2.06. The number of aromatic nitrogens is 3. The first-order valence-corrected chi connectivity index (χ1v) is 4.11. The summed E-state index contributed by atoms with van der Waals surface area (Å²) in [5, 5.41) is 0. The Bertz CT molecular complexity index is 252. The maximum absolute atomic E-state index is 5.49. The van der Waals surface area contributed by atoms with Gasteiger partial charge in [0.1, 0.15) is 11.6 Å². The molecular weight excluding hydrogens is 152 g/mol. The van der Waals surface area contributed by atoms with Crippen molar-refractivity contribution in [2.24, 2.45) is 0 Å². The molecule has 1 unspecified atom stereocenters. The molecule has 0 bridgehead atoms. The zero-order valence-electron chi connectivity index (χ0n) is 7.70. The van der Waals surface area contributed by atoms with Gasteiger partial charge in [0.2, 0.25) is 5.95 Å². The summed E-state index contributed by atoms with van der Waals surface area (Å²) >= 11 is 0. The molecule has 0 aromatic carbocycles. The van der Waals surface area contributed by atoms with Gasteiger partial charge in [-0.25, -0.2) is 4.98 Å². The molecule has 0 aliphatic carbocycles. The smallest absolute Gasteiger partial charge is 0.223 e. The third kappa shape index (κ3) is 1.90.